The standard InChI is InChI=1S/C11H16N2O/c1-8(2)11-12-5-10-4-3-9(7-14)6-13(10)11/h5,7-9H,3-4,6H2,1-2H3. The van der Waals surface area contributed by atoms with Crippen LogP contribution in [0.3, 0.4) is 0 Å². The van der Waals surface area contributed by atoms with E-state index in [1.807, 2.05) is 6.20 Å². The molecule has 2 rings (SSSR count). The molecule has 0 saturated heterocycles. The minimum Gasteiger partial charge on any atom is -0.331 e. The first-order valence-corrected chi connectivity index (χ1v) is 5.22. The molecule has 1 aliphatic heterocycles. The second-order valence-electron chi connectivity index (χ2n) is 4.31. The molecule has 14 heavy (non-hydrogen) atoms. The maximum Gasteiger partial charge on any atom is 0.124 e. The molecule has 0 spiro atoms. The summed E-state index contributed by atoms with van der Waals surface area (Å²) >= 11 is 0. The van der Waals surface area contributed by atoms with Crippen LogP contribution in [0, 0.1) is 5.92 Å². The summed E-state index contributed by atoms with van der Waals surface area (Å²) in [6, 6.07) is 0. The highest BCUT2D eigenvalue weighted by Crippen LogP contribution is 2.23. The molecule has 1 aromatic rings. The third kappa shape index (κ3) is 1.47. The van der Waals surface area contributed by atoms with Crippen molar-refractivity contribution in [3.63, 3.8) is 0 Å². The molecule has 0 saturated carbocycles. The van der Waals surface area contributed by atoms with Crippen molar-refractivity contribution in [3.8, 4) is 0 Å². The van der Waals surface area contributed by atoms with Crippen molar-refractivity contribution in [2.75, 3.05) is 0 Å². The highest BCUT2D eigenvalue weighted by molar-refractivity contribution is 5.53. The lowest BCUT2D eigenvalue weighted by Crippen LogP contribution is -2.22. The molecule has 2 heterocycles. The van der Waals surface area contributed by atoms with E-state index >= 15 is 0 Å². The monoisotopic (exact) mass is 192 g/mol. The van der Waals surface area contributed by atoms with Crippen molar-refractivity contribution in [2.24, 2.45) is 5.92 Å². The highest BCUT2D eigenvalue weighted by Gasteiger charge is 2.21. The molecule has 1 aliphatic rings. The zero-order valence-electron chi connectivity index (χ0n) is 8.73. The lowest BCUT2D eigenvalue weighted by atomic mass is 9.99. The Kier molecular flexibility index (Phi) is 2.40. The zero-order valence-corrected chi connectivity index (χ0v) is 8.73. The maximum atomic E-state index is 10.7. The van der Waals surface area contributed by atoms with Gasteiger partial charge in [0.25, 0.3) is 0 Å². The fourth-order valence-electron chi connectivity index (χ4n) is 2.07. The Hall–Kier alpha value is -1.12. The molecular weight excluding hydrogens is 176 g/mol. The molecule has 76 valence electrons. The van der Waals surface area contributed by atoms with E-state index in [1.165, 1.54) is 5.69 Å². The Morgan fingerprint density at radius 2 is 2.43 bits per heavy atom. The van der Waals surface area contributed by atoms with E-state index in [4.69, 9.17) is 0 Å². The lowest BCUT2D eigenvalue weighted by molar-refractivity contribution is -0.111. The van der Waals surface area contributed by atoms with Crippen LogP contribution in [0.4, 0.5) is 0 Å². The van der Waals surface area contributed by atoms with Gasteiger partial charge >= 0.3 is 0 Å². The van der Waals surface area contributed by atoms with Crippen LogP contribution in [0.2, 0.25) is 0 Å². The molecule has 0 amide bonds. The number of imidazole rings is 1. The fourth-order valence-corrected chi connectivity index (χ4v) is 2.07. The number of rotatable bonds is 2. The molecule has 0 bridgehead atoms. The van der Waals surface area contributed by atoms with Crippen molar-refractivity contribution in [2.45, 2.75) is 39.2 Å². The molecule has 0 N–H and O–H groups in total. The molecule has 0 aliphatic carbocycles. The molecule has 3 nitrogen and oxygen atoms in total. The van der Waals surface area contributed by atoms with Crippen LogP contribution in [0.25, 0.3) is 0 Å². The van der Waals surface area contributed by atoms with E-state index in [0.717, 1.165) is 31.5 Å². The van der Waals surface area contributed by atoms with Crippen LogP contribution in [0.5, 0.6) is 0 Å². The summed E-state index contributed by atoms with van der Waals surface area (Å²) in [5.41, 5.74) is 1.28. The van der Waals surface area contributed by atoms with Gasteiger partial charge in [0, 0.05) is 30.3 Å². The predicted octanol–water partition coefficient (Wildman–Crippen LogP) is 1.77. The number of hydrogen-bond acceptors (Lipinski definition) is 2. The third-order valence-corrected chi connectivity index (χ3v) is 2.87. The summed E-state index contributed by atoms with van der Waals surface area (Å²) in [4.78, 5) is 15.2. The Morgan fingerprint density at radius 1 is 1.64 bits per heavy atom. The van der Waals surface area contributed by atoms with Gasteiger partial charge in [0.1, 0.15) is 12.1 Å². The van der Waals surface area contributed by atoms with Crippen molar-refractivity contribution in [3.05, 3.63) is 17.7 Å². The summed E-state index contributed by atoms with van der Waals surface area (Å²) < 4.78 is 2.22. The van der Waals surface area contributed by atoms with Crippen LogP contribution < -0.4 is 0 Å². The lowest BCUT2D eigenvalue weighted by Gasteiger charge is -2.22. The molecular formula is C11H16N2O. The van der Waals surface area contributed by atoms with E-state index in [0.29, 0.717) is 5.92 Å². The SMILES string of the molecule is CC(C)c1ncc2n1CC(C=O)CC2. The smallest absolute Gasteiger partial charge is 0.124 e. The maximum absolute atomic E-state index is 10.7. The second-order valence-corrected chi connectivity index (χ2v) is 4.31. The van der Waals surface area contributed by atoms with Gasteiger partial charge in [-0.3, -0.25) is 0 Å². The highest BCUT2D eigenvalue weighted by atomic mass is 16.1. The van der Waals surface area contributed by atoms with Gasteiger partial charge in [-0.1, -0.05) is 13.8 Å². The van der Waals surface area contributed by atoms with Crippen molar-refractivity contribution in [1.29, 1.82) is 0 Å². The third-order valence-electron chi connectivity index (χ3n) is 2.87. The number of aryl methyl sites for hydroxylation is 1. The minimum atomic E-state index is 0.189. The first-order valence-electron chi connectivity index (χ1n) is 5.22. The van der Waals surface area contributed by atoms with E-state index in [1.54, 1.807) is 0 Å². The van der Waals surface area contributed by atoms with Crippen molar-refractivity contribution < 1.29 is 4.79 Å². The van der Waals surface area contributed by atoms with Crippen LogP contribution in [0.1, 0.15) is 37.7 Å². The minimum absolute atomic E-state index is 0.189. The van der Waals surface area contributed by atoms with Crippen LogP contribution in [-0.2, 0) is 17.8 Å². The number of aromatic nitrogens is 2. The number of aldehydes is 1. The molecule has 0 aromatic carbocycles. The van der Waals surface area contributed by atoms with Gasteiger partial charge in [-0.05, 0) is 12.8 Å². The molecule has 1 atom stereocenters. The van der Waals surface area contributed by atoms with Gasteiger partial charge in [0.15, 0.2) is 0 Å². The van der Waals surface area contributed by atoms with E-state index in [2.05, 4.69) is 23.4 Å². The predicted molar refractivity (Wildman–Crippen MR) is 54.2 cm³/mol. The number of carbonyl (C=O) groups excluding carboxylic acids is 1. The number of hydrogen-bond donors (Lipinski definition) is 0. The van der Waals surface area contributed by atoms with E-state index in [-0.39, 0.29) is 5.92 Å². The molecule has 1 aromatic heterocycles. The van der Waals surface area contributed by atoms with Gasteiger partial charge in [0.05, 0.1) is 0 Å². The summed E-state index contributed by atoms with van der Waals surface area (Å²) in [7, 11) is 0. The van der Waals surface area contributed by atoms with Gasteiger partial charge in [-0.25, -0.2) is 4.98 Å². The first kappa shape index (κ1) is 9.44. The summed E-state index contributed by atoms with van der Waals surface area (Å²) in [6.07, 6.45) is 5.00. The molecule has 1 unspecified atom stereocenters. The zero-order chi connectivity index (χ0) is 10.1. The van der Waals surface area contributed by atoms with Gasteiger partial charge in [-0.2, -0.15) is 0 Å². The summed E-state index contributed by atoms with van der Waals surface area (Å²) in [5.74, 6) is 1.75. The normalized spacial score (nSPS) is 20.9. The van der Waals surface area contributed by atoms with E-state index < -0.39 is 0 Å². The molecule has 0 radical (unpaired) electrons. The molecule has 3 heteroatoms. The van der Waals surface area contributed by atoms with Gasteiger partial charge in [0.2, 0.25) is 0 Å². The van der Waals surface area contributed by atoms with E-state index in [9.17, 15) is 4.79 Å². The average Bonchev–Trinajstić information content (AvgIpc) is 2.59. The topological polar surface area (TPSA) is 34.9 Å². The molecule has 0 fully saturated rings. The van der Waals surface area contributed by atoms with Crippen molar-refractivity contribution >= 4 is 6.29 Å². The van der Waals surface area contributed by atoms with Crippen LogP contribution in [-0.4, -0.2) is 15.8 Å². The van der Waals surface area contributed by atoms with Crippen LogP contribution >= 0.6 is 0 Å². The summed E-state index contributed by atoms with van der Waals surface area (Å²) in [5, 5.41) is 0. The average molecular weight is 192 g/mol. The Balaban J connectivity index is 2.32. The van der Waals surface area contributed by atoms with Gasteiger partial charge in [-0.15, -0.1) is 0 Å². The Morgan fingerprint density at radius 3 is 3.07 bits per heavy atom. The van der Waals surface area contributed by atoms with Crippen molar-refractivity contribution in [1.82, 2.24) is 9.55 Å². The fraction of sp³-hybridized carbons (Fsp3) is 0.636. The quantitative estimate of drug-likeness (QED) is 0.669. The number of nitrogens with zero attached hydrogens (tertiary/aromatic N) is 2. The Bertz CT molecular complexity index is 341. The van der Waals surface area contributed by atoms with Gasteiger partial charge < -0.3 is 9.36 Å². The Labute approximate surface area is 84.1 Å². The van der Waals surface area contributed by atoms with Crippen LogP contribution in [0.15, 0.2) is 6.20 Å². The largest absolute Gasteiger partial charge is 0.331 e. The second kappa shape index (κ2) is 3.56. The summed E-state index contributed by atoms with van der Waals surface area (Å²) in [6.45, 7) is 5.10. The number of carbonyl (C=O) groups is 1. The number of fused-ring (bicyclic) bond motifs is 1. The first-order chi connectivity index (χ1) is 6.72.